The number of carbonyl (C=O) groups excluding carboxylic acids is 1. The molecule has 4 nitrogen and oxygen atoms in total. The van der Waals surface area contributed by atoms with Gasteiger partial charge >= 0.3 is 0 Å². The van der Waals surface area contributed by atoms with Crippen molar-refractivity contribution in [3.8, 4) is 0 Å². The van der Waals surface area contributed by atoms with Crippen LogP contribution in [0.1, 0.15) is 37.3 Å². The molecule has 2 fully saturated rings. The molecule has 4 rings (SSSR count). The summed E-state index contributed by atoms with van der Waals surface area (Å²) >= 11 is 1.73. The third-order valence-electron chi connectivity index (χ3n) is 5.19. The average molecular weight is 356 g/mol. The van der Waals surface area contributed by atoms with Crippen LogP contribution in [0.5, 0.6) is 0 Å². The molecule has 2 N–H and O–H groups in total. The van der Waals surface area contributed by atoms with Crippen molar-refractivity contribution >= 4 is 28.6 Å². The maximum absolute atomic E-state index is 12.4. The van der Waals surface area contributed by atoms with E-state index in [0.29, 0.717) is 5.75 Å². The number of nitrogens with zero attached hydrogens (tertiary/aromatic N) is 1. The fourth-order valence-corrected chi connectivity index (χ4v) is 4.50. The number of nitrogens with one attached hydrogen (secondary N) is 1. The van der Waals surface area contributed by atoms with Crippen LogP contribution in [-0.2, 0) is 4.79 Å². The number of pyridine rings is 1. The normalized spacial score (nSPS) is 23.9. The minimum absolute atomic E-state index is 0.0606. The highest BCUT2D eigenvalue weighted by Crippen LogP contribution is 2.38. The number of amides is 1. The Labute approximate surface area is 152 Å². The molecule has 0 aliphatic heterocycles. The third kappa shape index (κ3) is 4.15. The fraction of sp³-hybridized carbons (Fsp3) is 0.500. The van der Waals surface area contributed by atoms with Crippen LogP contribution in [0.25, 0.3) is 10.9 Å². The summed E-state index contributed by atoms with van der Waals surface area (Å²) in [6.45, 7) is 0. The van der Waals surface area contributed by atoms with Crippen molar-refractivity contribution in [2.75, 3.05) is 11.5 Å². The van der Waals surface area contributed by atoms with Crippen molar-refractivity contribution in [2.45, 2.75) is 37.8 Å². The lowest BCUT2D eigenvalue weighted by Gasteiger charge is -2.38. The number of carbonyl (C=O) groups is 1. The van der Waals surface area contributed by atoms with Gasteiger partial charge in [-0.1, -0.05) is 18.2 Å². The summed E-state index contributed by atoms with van der Waals surface area (Å²) in [6.07, 6.45) is 5.76. The number of aliphatic hydroxyl groups is 1. The van der Waals surface area contributed by atoms with Gasteiger partial charge in [-0.25, -0.2) is 0 Å². The van der Waals surface area contributed by atoms with E-state index in [2.05, 4.69) is 16.4 Å². The quantitative estimate of drug-likeness (QED) is 0.799. The molecule has 0 bridgehead atoms. The van der Waals surface area contributed by atoms with Crippen molar-refractivity contribution in [3.63, 3.8) is 0 Å². The molecule has 2 aromatic rings. The molecule has 1 aromatic heterocycles. The Morgan fingerprint density at radius 1 is 1.32 bits per heavy atom. The summed E-state index contributed by atoms with van der Waals surface area (Å²) in [5, 5.41) is 14.0. The lowest BCUT2D eigenvalue weighted by molar-refractivity contribution is -0.120. The van der Waals surface area contributed by atoms with Crippen LogP contribution < -0.4 is 5.32 Å². The van der Waals surface area contributed by atoms with E-state index in [4.69, 9.17) is 0 Å². The van der Waals surface area contributed by atoms with E-state index in [9.17, 15) is 9.90 Å². The van der Waals surface area contributed by atoms with E-state index in [0.717, 1.165) is 41.0 Å². The second-order valence-corrected chi connectivity index (χ2v) is 8.38. The van der Waals surface area contributed by atoms with Crippen LogP contribution >= 0.6 is 11.8 Å². The topological polar surface area (TPSA) is 62.2 Å². The van der Waals surface area contributed by atoms with Crippen LogP contribution in [0.4, 0.5) is 0 Å². The van der Waals surface area contributed by atoms with Crippen molar-refractivity contribution in [2.24, 2.45) is 11.8 Å². The number of hydrogen-bond donors (Lipinski definition) is 2. The van der Waals surface area contributed by atoms with Gasteiger partial charge in [-0.3, -0.25) is 9.78 Å². The average Bonchev–Trinajstić information content (AvgIpc) is 3.41. The van der Waals surface area contributed by atoms with Gasteiger partial charge < -0.3 is 10.4 Å². The second kappa shape index (κ2) is 7.34. The number of aliphatic hydroxyl groups excluding tert-OH is 1. The van der Waals surface area contributed by atoms with Crippen LogP contribution in [0.3, 0.4) is 0 Å². The van der Waals surface area contributed by atoms with Gasteiger partial charge in [0.2, 0.25) is 5.91 Å². The van der Waals surface area contributed by atoms with Gasteiger partial charge in [-0.2, -0.15) is 11.8 Å². The van der Waals surface area contributed by atoms with Gasteiger partial charge in [-0.15, -0.1) is 0 Å². The Balaban J connectivity index is 1.47. The van der Waals surface area contributed by atoms with Crippen LogP contribution in [0.2, 0.25) is 0 Å². The Morgan fingerprint density at radius 3 is 2.88 bits per heavy atom. The maximum Gasteiger partial charge on any atom is 0.230 e. The number of thioether (sulfide) groups is 1. The summed E-state index contributed by atoms with van der Waals surface area (Å²) in [7, 11) is 0. The third-order valence-corrected chi connectivity index (χ3v) is 6.37. The minimum atomic E-state index is -0.234. The molecule has 0 unspecified atom stereocenters. The molecule has 132 valence electrons. The first-order valence-corrected chi connectivity index (χ1v) is 10.2. The molecular weight excluding hydrogens is 332 g/mol. The van der Waals surface area contributed by atoms with Gasteiger partial charge in [-0.05, 0) is 61.0 Å². The highest BCUT2D eigenvalue weighted by atomic mass is 32.2. The number of benzene rings is 1. The van der Waals surface area contributed by atoms with E-state index in [1.165, 1.54) is 12.8 Å². The first kappa shape index (κ1) is 16.9. The zero-order chi connectivity index (χ0) is 17.2. The lowest BCUT2D eigenvalue weighted by atomic mass is 9.75. The Kier molecular flexibility index (Phi) is 4.95. The van der Waals surface area contributed by atoms with Gasteiger partial charge in [0.15, 0.2) is 0 Å². The highest BCUT2D eigenvalue weighted by molar-refractivity contribution is 7.99. The summed E-state index contributed by atoms with van der Waals surface area (Å²) in [6, 6.07) is 10.1. The van der Waals surface area contributed by atoms with E-state index in [-0.39, 0.29) is 24.0 Å². The van der Waals surface area contributed by atoms with Crippen LogP contribution in [0.15, 0.2) is 36.5 Å². The fourth-order valence-electron chi connectivity index (χ4n) is 3.45. The van der Waals surface area contributed by atoms with E-state index in [1.54, 1.807) is 11.8 Å². The molecule has 1 heterocycles. The first-order valence-electron chi connectivity index (χ1n) is 9.09. The zero-order valence-corrected chi connectivity index (χ0v) is 15.0. The van der Waals surface area contributed by atoms with Crippen molar-refractivity contribution in [1.29, 1.82) is 0 Å². The number of rotatable bonds is 7. The Hall–Kier alpha value is -1.59. The predicted molar refractivity (Wildman–Crippen MR) is 101 cm³/mol. The zero-order valence-electron chi connectivity index (χ0n) is 14.2. The van der Waals surface area contributed by atoms with E-state index >= 15 is 0 Å². The van der Waals surface area contributed by atoms with Crippen LogP contribution in [-0.4, -0.2) is 33.6 Å². The number of aromatic nitrogens is 1. The SMILES string of the molecule is O=C(CSCC1CC1)N[C@H](c1cnc2ccccc2c1)C1CC(O)C1. The highest BCUT2D eigenvalue weighted by Gasteiger charge is 2.36. The van der Waals surface area contributed by atoms with Gasteiger partial charge in [0.1, 0.15) is 0 Å². The van der Waals surface area contributed by atoms with Gasteiger partial charge in [0.25, 0.3) is 0 Å². The molecule has 25 heavy (non-hydrogen) atoms. The number of fused-ring (bicyclic) bond motifs is 1. The Morgan fingerprint density at radius 2 is 2.12 bits per heavy atom. The summed E-state index contributed by atoms with van der Waals surface area (Å²) in [5.41, 5.74) is 2.00. The molecule has 0 saturated heterocycles. The molecule has 1 amide bonds. The molecule has 1 aromatic carbocycles. The minimum Gasteiger partial charge on any atom is -0.393 e. The lowest BCUT2D eigenvalue weighted by Crippen LogP contribution is -2.42. The summed E-state index contributed by atoms with van der Waals surface area (Å²) < 4.78 is 0. The number of hydrogen-bond acceptors (Lipinski definition) is 4. The largest absolute Gasteiger partial charge is 0.393 e. The molecule has 5 heteroatoms. The van der Waals surface area contributed by atoms with Crippen LogP contribution in [0, 0.1) is 11.8 Å². The molecular formula is C20H24N2O2S. The van der Waals surface area contributed by atoms with Crippen molar-refractivity contribution < 1.29 is 9.90 Å². The maximum atomic E-state index is 12.4. The monoisotopic (exact) mass is 356 g/mol. The first-order chi connectivity index (χ1) is 12.2. The number of para-hydroxylation sites is 1. The molecule has 1 atom stereocenters. The van der Waals surface area contributed by atoms with Gasteiger partial charge in [0.05, 0.1) is 23.4 Å². The predicted octanol–water partition coefficient (Wildman–Crippen LogP) is 3.31. The molecule has 2 saturated carbocycles. The van der Waals surface area contributed by atoms with E-state index < -0.39 is 0 Å². The van der Waals surface area contributed by atoms with Crippen molar-refractivity contribution in [3.05, 3.63) is 42.1 Å². The summed E-state index contributed by atoms with van der Waals surface area (Å²) in [5.74, 6) is 2.82. The smallest absolute Gasteiger partial charge is 0.230 e. The standard InChI is InChI=1S/C20H24N2O2S/c23-17-8-15(9-17)20(22-19(24)12-25-11-13-5-6-13)16-7-14-3-1-2-4-18(14)21-10-16/h1-4,7,10,13,15,17,20,23H,5-6,8-9,11-12H2,(H,22,24)/t15?,17?,20-/m0/s1. The molecule has 2 aliphatic rings. The summed E-state index contributed by atoms with van der Waals surface area (Å²) in [4.78, 5) is 16.9. The Bertz CT molecular complexity index is 756. The second-order valence-electron chi connectivity index (χ2n) is 7.35. The van der Waals surface area contributed by atoms with Gasteiger partial charge in [0, 0.05) is 11.6 Å². The molecule has 0 spiro atoms. The molecule has 2 aliphatic carbocycles. The van der Waals surface area contributed by atoms with Crippen molar-refractivity contribution in [1.82, 2.24) is 10.3 Å². The molecule has 0 radical (unpaired) electrons. The van der Waals surface area contributed by atoms with E-state index in [1.807, 2.05) is 30.5 Å².